The molecule has 3 amide bonds. The van der Waals surface area contributed by atoms with Gasteiger partial charge in [0.1, 0.15) is 0 Å². The fourth-order valence-electron chi connectivity index (χ4n) is 2.32. The van der Waals surface area contributed by atoms with Crippen molar-refractivity contribution >= 4 is 17.6 Å². The number of nitrogens with zero attached hydrogens (tertiary/aromatic N) is 2. The van der Waals surface area contributed by atoms with Gasteiger partial charge in [-0.1, -0.05) is 0 Å². The summed E-state index contributed by atoms with van der Waals surface area (Å²) in [6.45, 7) is 2.06. The monoisotopic (exact) mass is 306 g/mol. The van der Waals surface area contributed by atoms with Crippen molar-refractivity contribution in [2.75, 3.05) is 32.1 Å². The first-order valence-electron chi connectivity index (χ1n) is 7.51. The number of carbonyl (C=O) groups excluding carboxylic acids is 2. The minimum Gasteiger partial charge on any atom is -0.481 e. The third kappa shape index (κ3) is 4.91. The van der Waals surface area contributed by atoms with E-state index in [0.717, 1.165) is 25.8 Å². The van der Waals surface area contributed by atoms with Crippen molar-refractivity contribution in [1.82, 2.24) is 15.2 Å². The van der Waals surface area contributed by atoms with Crippen LogP contribution in [0.2, 0.25) is 0 Å². The molecule has 1 saturated heterocycles. The molecule has 1 aliphatic heterocycles. The third-order valence-electron chi connectivity index (χ3n) is 3.52. The van der Waals surface area contributed by atoms with Crippen molar-refractivity contribution in [3.8, 4) is 5.88 Å². The number of urea groups is 1. The van der Waals surface area contributed by atoms with Crippen LogP contribution in [0.1, 0.15) is 25.7 Å². The molecule has 0 bridgehead atoms. The summed E-state index contributed by atoms with van der Waals surface area (Å²) in [5, 5.41) is 5.46. The average Bonchev–Trinajstić information content (AvgIpc) is 2.54. The summed E-state index contributed by atoms with van der Waals surface area (Å²) in [5.74, 6) is 0.720. The van der Waals surface area contributed by atoms with Crippen LogP contribution in [-0.4, -0.2) is 48.6 Å². The van der Waals surface area contributed by atoms with Crippen LogP contribution < -0.4 is 15.4 Å². The Morgan fingerprint density at radius 3 is 2.95 bits per heavy atom. The van der Waals surface area contributed by atoms with Gasteiger partial charge in [-0.2, -0.15) is 0 Å². The predicted octanol–water partition coefficient (Wildman–Crippen LogP) is 1.61. The molecule has 1 fully saturated rings. The summed E-state index contributed by atoms with van der Waals surface area (Å²) in [6, 6.07) is 3.12. The molecule has 1 aliphatic rings. The molecule has 7 heteroatoms. The maximum Gasteiger partial charge on any atom is 0.319 e. The van der Waals surface area contributed by atoms with Gasteiger partial charge >= 0.3 is 6.03 Å². The minimum absolute atomic E-state index is 0.222. The first kappa shape index (κ1) is 16.1. The van der Waals surface area contributed by atoms with Crippen molar-refractivity contribution in [3.63, 3.8) is 0 Å². The molecule has 7 nitrogen and oxygen atoms in total. The van der Waals surface area contributed by atoms with E-state index in [9.17, 15) is 9.59 Å². The Bertz CT molecular complexity index is 504. The van der Waals surface area contributed by atoms with Gasteiger partial charge in [-0.3, -0.25) is 4.79 Å². The highest BCUT2D eigenvalue weighted by Crippen LogP contribution is 2.11. The number of pyridine rings is 1. The van der Waals surface area contributed by atoms with Gasteiger partial charge in [-0.25, -0.2) is 9.78 Å². The molecular weight excluding hydrogens is 284 g/mol. The third-order valence-corrected chi connectivity index (χ3v) is 3.52. The normalized spacial score (nSPS) is 14.6. The Balaban J connectivity index is 1.63. The molecule has 0 spiro atoms. The van der Waals surface area contributed by atoms with Gasteiger partial charge in [0.15, 0.2) is 0 Å². The number of likely N-dealkylation sites (tertiary alicyclic amines) is 1. The Kier molecular flexibility index (Phi) is 6.00. The first-order chi connectivity index (χ1) is 10.7. The van der Waals surface area contributed by atoms with Gasteiger partial charge in [0, 0.05) is 32.1 Å². The van der Waals surface area contributed by atoms with Gasteiger partial charge in [-0.15, -0.1) is 0 Å². The van der Waals surface area contributed by atoms with Crippen LogP contribution in [0.15, 0.2) is 18.3 Å². The molecule has 1 aromatic rings. The number of nitrogens with one attached hydrogen (secondary N) is 2. The summed E-state index contributed by atoms with van der Waals surface area (Å²) in [5.41, 5.74) is 0.601. The second-order valence-electron chi connectivity index (χ2n) is 5.16. The van der Waals surface area contributed by atoms with Gasteiger partial charge < -0.3 is 20.3 Å². The van der Waals surface area contributed by atoms with Crippen LogP contribution in [0.5, 0.6) is 5.88 Å². The van der Waals surface area contributed by atoms with E-state index in [4.69, 9.17) is 4.74 Å². The lowest BCUT2D eigenvalue weighted by atomic mass is 10.1. The zero-order valence-corrected chi connectivity index (χ0v) is 12.8. The number of hydrogen-bond acceptors (Lipinski definition) is 4. The van der Waals surface area contributed by atoms with Crippen molar-refractivity contribution in [2.24, 2.45) is 0 Å². The molecule has 0 saturated carbocycles. The number of amides is 3. The topological polar surface area (TPSA) is 83.6 Å². The summed E-state index contributed by atoms with van der Waals surface area (Å²) in [4.78, 5) is 29.2. The van der Waals surface area contributed by atoms with Crippen LogP contribution in [-0.2, 0) is 4.79 Å². The second-order valence-corrected chi connectivity index (χ2v) is 5.16. The van der Waals surface area contributed by atoms with E-state index in [-0.39, 0.29) is 11.9 Å². The van der Waals surface area contributed by atoms with Gasteiger partial charge in [0.25, 0.3) is 0 Å². The molecule has 0 unspecified atom stereocenters. The van der Waals surface area contributed by atoms with Crippen LogP contribution in [0.3, 0.4) is 0 Å². The standard InChI is InChI=1S/C15H22N4O3/c1-22-13-7-6-12(11-17-13)18-15(21)16-8-4-10-19-9-3-2-5-14(19)20/h6-7,11H,2-5,8-10H2,1H3,(H2,16,18,21). The molecule has 2 rings (SSSR count). The summed E-state index contributed by atoms with van der Waals surface area (Å²) in [6.07, 6.45) is 5.00. The van der Waals surface area contributed by atoms with Crippen LogP contribution >= 0.6 is 0 Å². The smallest absolute Gasteiger partial charge is 0.319 e. The van der Waals surface area contributed by atoms with Gasteiger partial charge in [0.2, 0.25) is 11.8 Å². The van der Waals surface area contributed by atoms with Crippen molar-refractivity contribution in [2.45, 2.75) is 25.7 Å². The largest absolute Gasteiger partial charge is 0.481 e. The van der Waals surface area contributed by atoms with Crippen molar-refractivity contribution in [1.29, 1.82) is 0 Å². The number of anilines is 1. The number of rotatable bonds is 6. The Morgan fingerprint density at radius 2 is 2.27 bits per heavy atom. The molecule has 0 aliphatic carbocycles. The maximum atomic E-state index is 11.7. The van der Waals surface area contributed by atoms with E-state index in [1.54, 1.807) is 12.1 Å². The first-order valence-corrected chi connectivity index (χ1v) is 7.51. The highest BCUT2D eigenvalue weighted by atomic mass is 16.5. The highest BCUT2D eigenvalue weighted by molar-refractivity contribution is 5.88. The fourth-order valence-corrected chi connectivity index (χ4v) is 2.32. The summed E-state index contributed by atoms with van der Waals surface area (Å²) in [7, 11) is 1.54. The number of ether oxygens (including phenoxy) is 1. The molecule has 2 heterocycles. The minimum atomic E-state index is -0.281. The molecule has 2 N–H and O–H groups in total. The van der Waals surface area contributed by atoms with Gasteiger partial charge in [0.05, 0.1) is 19.0 Å². The molecular formula is C15H22N4O3. The highest BCUT2D eigenvalue weighted by Gasteiger charge is 2.16. The fraction of sp³-hybridized carbons (Fsp3) is 0.533. The average molecular weight is 306 g/mol. The predicted molar refractivity (Wildman–Crippen MR) is 82.9 cm³/mol. The molecule has 0 aromatic carbocycles. The number of piperidine rings is 1. The van der Waals surface area contributed by atoms with E-state index in [2.05, 4.69) is 15.6 Å². The Labute approximate surface area is 130 Å². The SMILES string of the molecule is COc1ccc(NC(=O)NCCCN2CCCCC2=O)cn1. The van der Waals surface area contributed by atoms with E-state index in [1.807, 2.05) is 4.90 Å². The number of aromatic nitrogens is 1. The second kappa shape index (κ2) is 8.21. The van der Waals surface area contributed by atoms with E-state index >= 15 is 0 Å². The van der Waals surface area contributed by atoms with E-state index < -0.39 is 0 Å². The van der Waals surface area contributed by atoms with Gasteiger partial charge in [-0.05, 0) is 25.3 Å². The van der Waals surface area contributed by atoms with E-state index in [1.165, 1.54) is 13.3 Å². The summed E-state index contributed by atoms with van der Waals surface area (Å²) < 4.78 is 4.95. The number of hydrogen-bond donors (Lipinski definition) is 2. The molecule has 0 atom stereocenters. The lowest BCUT2D eigenvalue weighted by Crippen LogP contribution is -2.38. The lowest BCUT2D eigenvalue weighted by molar-refractivity contribution is -0.133. The van der Waals surface area contributed by atoms with Crippen LogP contribution in [0.4, 0.5) is 10.5 Å². The zero-order chi connectivity index (χ0) is 15.8. The van der Waals surface area contributed by atoms with E-state index in [0.29, 0.717) is 31.1 Å². The van der Waals surface area contributed by atoms with Crippen LogP contribution in [0, 0.1) is 0 Å². The lowest BCUT2D eigenvalue weighted by Gasteiger charge is -2.26. The molecule has 120 valence electrons. The number of methoxy groups -OCH3 is 1. The molecule has 0 radical (unpaired) electrons. The quantitative estimate of drug-likeness (QED) is 0.782. The molecule has 22 heavy (non-hydrogen) atoms. The van der Waals surface area contributed by atoms with Crippen LogP contribution in [0.25, 0.3) is 0 Å². The van der Waals surface area contributed by atoms with Crippen molar-refractivity contribution in [3.05, 3.63) is 18.3 Å². The molecule has 1 aromatic heterocycles. The number of carbonyl (C=O) groups is 2. The summed E-state index contributed by atoms with van der Waals surface area (Å²) >= 11 is 0. The Hall–Kier alpha value is -2.31. The van der Waals surface area contributed by atoms with Crippen molar-refractivity contribution < 1.29 is 14.3 Å². The Morgan fingerprint density at radius 1 is 1.41 bits per heavy atom. The maximum absolute atomic E-state index is 11.7. The zero-order valence-electron chi connectivity index (χ0n) is 12.8.